The summed E-state index contributed by atoms with van der Waals surface area (Å²) < 4.78 is 6.96. The lowest BCUT2D eigenvalue weighted by Gasteiger charge is -2.02. The number of carbonyl (C=O) groups is 1. The topological polar surface area (TPSA) is 68.2 Å². The van der Waals surface area contributed by atoms with Crippen LogP contribution in [0, 0.1) is 0 Å². The Balaban J connectivity index is 2.19. The Morgan fingerprint density at radius 1 is 1.56 bits per heavy atom. The molecule has 102 valence electrons. The van der Waals surface area contributed by atoms with Crippen molar-refractivity contribution in [3.63, 3.8) is 0 Å². The van der Waals surface area contributed by atoms with Gasteiger partial charge in [0.15, 0.2) is 0 Å². The maximum Gasteiger partial charge on any atom is 0.219 e. The minimum atomic E-state index is 0.0802. The van der Waals surface area contributed by atoms with Crippen LogP contribution >= 0.6 is 0 Å². The van der Waals surface area contributed by atoms with Crippen LogP contribution in [0.4, 0.5) is 0 Å². The number of hydrogen-bond acceptors (Lipinski definition) is 4. The van der Waals surface area contributed by atoms with E-state index >= 15 is 0 Å². The Morgan fingerprint density at radius 3 is 3.11 bits per heavy atom. The lowest BCUT2D eigenvalue weighted by atomic mass is 10.3. The van der Waals surface area contributed by atoms with Gasteiger partial charge in [-0.25, -0.2) is 4.98 Å². The van der Waals surface area contributed by atoms with Gasteiger partial charge >= 0.3 is 0 Å². The highest BCUT2D eigenvalue weighted by molar-refractivity contribution is 5.75. The minimum Gasteiger partial charge on any atom is -0.383 e. The van der Waals surface area contributed by atoms with E-state index < -0.39 is 0 Å². The first kappa shape index (κ1) is 14.7. The largest absolute Gasteiger partial charge is 0.383 e. The van der Waals surface area contributed by atoms with E-state index in [1.54, 1.807) is 20.5 Å². The molecule has 0 saturated carbocycles. The predicted molar refractivity (Wildman–Crippen MR) is 69.1 cm³/mol. The number of methoxy groups -OCH3 is 1. The van der Waals surface area contributed by atoms with Crippen molar-refractivity contribution in [2.24, 2.45) is 0 Å². The molecule has 0 bridgehead atoms. The molecule has 0 aliphatic rings. The summed E-state index contributed by atoms with van der Waals surface area (Å²) in [5.74, 6) is 0.0802. The van der Waals surface area contributed by atoms with E-state index in [4.69, 9.17) is 4.74 Å². The van der Waals surface area contributed by atoms with Crippen molar-refractivity contribution in [3.05, 3.63) is 18.2 Å². The molecule has 1 aromatic heterocycles. The van der Waals surface area contributed by atoms with Crippen molar-refractivity contribution in [2.45, 2.75) is 25.9 Å². The van der Waals surface area contributed by atoms with E-state index in [9.17, 15) is 4.79 Å². The quantitative estimate of drug-likeness (QED) is 0.615. The number of aryl methyl sites for hydroxylation is 1. The van der Waals surface area contributed by atoms with Crippen LogP contribution in [0.1, 0.15) is 18.5 Å². The van der Waals surface area contributed by atoms with Crippen molar-refractivity contribution in [3.8, 4) is 0 Å². The third-order valence-corrected chi connectivity index (χ3v) is 2.57. The normalized spacial score (nSPS) is 10.6. The summed E-state index contributed by atoms with van der Waals surface area (Å²) in [6.45, 7) is 3.08. The van der Waals surface area contributed by atoms with Crippen LogP contribution in [0.2, 0.25) is 0 Å². The highest BCUT2D eigenvalue weighted by atomic mass is 16.5. The Morgan fingerprint density at radius 2 is 2.39 bits per heavy atom. The summed E-state index contributed by atoms with van der Waals surface area (Å²) in [7, 11) is 3.34. The van der Waals surface area contributed by atoms with Crippen molar-refractivity contribution < 1.29 is 9.53 Å². The van der Waals surface area contributed by atoms with E-state index in [1.165, 1.54) is 0 Å². The third-order valence-electron chi connectivity index (χ3n) is 2.57. The number of amides is 1. The molecule has 0 aliphatic carbocycles. The predicted octanol–water partition coefficient (Wildman–Crippen LogP) is 0.145. The molecule has 1 heterocycles. The molecule has 0 unspecified atom stereocenters. The van der Waals surface area contributed by atoms with Gasteiger partial charge in [0, 0.05) is 46.4 Å². The first-order valence-corrected chi connectivity index (χ1v) is 6.17. The number of nitrogens with zero attached hydrogens (tertiary/aromatic N) is 2. The molecule has 1 amide bonds. The fraction of sp³-hybridized carbons (Fsp3) is 0.667. The molecule has 18 heavy (non-hydrogen) atoms. The fourth-order valence-corrected chi connectivity index (χ4v) is 1.56. The Kier molecular flexibility index (Phi) is 7.05. The minimum absolute atomic E-state index is 0.0802. The zero-order valence-electron chi connectivity index (χ0n) is 11.1. The standard InChI is InChI=1S/C12H22N4O2/c1-13-12(17)4-3-6-16-9-11(15-10-16)8-14-5-7-18-2/h9-10,14H,3-8H2,1-2H3,(H,13,17). The second-order valence-corrected chi connectivity index (χ2v) is 4.05. The summed E-state index contributed by atoms with van der Waals surface area (Å²) in [6.07, 6.45) is 5.18. The van der Waals surface area contributed by atoms with Gasteiger partial charge in [-0.2, -0.15) is 0 Å². The van der Waals surface area contributed by atoms with Crippen molar-refractivity contribution in [1.82, 2.24) is 20.2 Å². The summed E-state index contributed by atoms with van der Waals surface area (Å²) in [5.41, 5.74) is 1.01. The second-order valence-electron chi connectivity index (χ2n) is 4.05. The number of nitrogens with one attached hydrogen (secondary N) is 2. The molecule has 6 nitrogen and oxygen atoms in total. The van der Waals surface area contributed by atoms with E-state index in [-0.39, 0.29) is 5.91 Å². The lowest BCUT2D eigenvalue weighted by molar-refractivity contribution is -0.120. The summed E-state index contributed by atoms with van der Waals surface area (Å²) >= 11 is 0. The molecule has 0 radical (unpaired) electrons. The number of rotatable bonds is 9. The van der Waals surface area contributed by atoms with E-state index in [1.807, 2.05) is 10.8 Å². The van der Waals surface area contributed by atoms with E-state index in [0.29, 0.717) is 13.0 Å². The second kappa shape index (κ2) is 8.66. The van der Waals surface area contributed by atoms with Crippen LogP contribution in [0.15, 0.2) is 12.5 Å². The SMILES string of the molecule is CNC(=O)CCCn1cnc(CNCCOC)c1. The van der Waals surface area contributed by atoms with Crippen molar-refractivity contribution in [2.75, 3.05) is 27.3 Å². The Hall–Kier alpha value is -1.40. The van der Waals surface area contributed by atoms with Gasteiger partial charge in [-0.3, -0.25) is 4.79 Å². The summed E-state index contributed by atoms with van der Waals surface area (Å²) in [4.78, 5) is 15.3. The molecule has 0 saturated heterocycles. The zero-order valence-corrected chi connectivity index (χ0v) is 11.1. The van der Waals surface area contributed by atoms with Gasteiger partial charge in [0.05, 0.1) is 18.6 Å². The molecule has 0 atom stereocenters. The van der Waals surface area contributed by atoms with Crippen molar-refractivity contribution >= 4 is 5.91 Å². The van der Waals surface area contributed by atoms with Crippen molar-refractivity contribution in [1.29, 1.82) is 0 Å². The number of ether oxygens (including phenoxy) is 1. The number of aromatic nitrogens is 2. The van der Waals surface area contributed by atoms with Crippen LogP contribution in [0.3, 0.4) is 0 Å². The van der Waals surface area contributed by atoms with E-state index in [2.05, 4.69) is 15.6 Å². The molecule has 0 aliphatic heterocycles. The smallest absolute Gasteiger partial charge is 0.219 e. The number of imidazole rings is 1. The first-order chi connectivity index (χ1) is 8.76. The van der Waals surface area contributed by atoms with Gasteiger partial charge in [0.1, 0.15) is 0 Å². The van der Waals surface area contributed by atoms with Gasteiger partial charge in [-0.1, -0.05) is 0 Å². The number of carbonyl (C=O) groups excluding carboxylic acids is 1. The highest BCUT2D eigenvalue weighted by Crippen LogP contribution is 1.99. The van der Waals surface area contributed by atoms with Gasteiger partial charge < -0.3 is 19.9 Å². The molecule has 0 fully saturated rings. The van der Waals surface area contributed by atoms with Gasteiger partial charge in [0.25, 0.3) is 0 Å². The highest BCUT2D eigenvalue weighted by Gasteiger charge is 2.00. The summed E-state index contributed by atoms with van der Waals surface area (Å²) in [5, 5.41) is 5.85. The molecule has 1 rings (SSSR count). The molecular formula is C12H22N4O2. The molecule has 0 aromatic carbocycles. The van der Waals surface area contributed by atoms with Gasteiger partial charge in [-0.05, 0) is 6.42 Å². The maximum absolute atomic E-state index is 11.1. The number of hydrogen-bond donors (Lipinski definition) is 2. The Labute approximate surface area is 108 Å². The zero-order chi connectivity index (χ0) is 13.2. The van der Waals surface area contributed by atoms with Crippen LogP contribution in [0.25, 0.3) is 0 Å². The maximum atomic E-state index is 11.1. The van der Waals surface area contributed by atoms with Crippen LogP contribution < -0.4 is 10.6 Å². The Bertz CT molecular complexity index is 352. The fourth-order valence-electron chi connectivity index (χ4n) is 1.56. The molecule has 0 spiro atoms. The monoisotopic (exact) mass is 254 g/mol. The average Bonchev–Trinajstić information content (AvgIpc) is 2.82. The molecular weight excluding hydrogens is 232 g/mol. The lowest BCUT2D eigenvalue weighted by Crippen LogP contribution is -2.18. The molecule has 6 heteroatoms. The van der Waals surface area contributed by atoms with Crippen LogP contribution in [-0.4, -0.2) is 42.8 Å². The molecule has 1 aromatic rings. The third kappa shape index (κ3) is 5.79. The molecule has 2 N–H and O–H groups in total. The van der Waals surface area contributed by atoms with E-state index in [0.717, 1.165) is 31.7 Å². The average molecular weight is 254 g/mol. The van der Waals surface area contributed by atoms with Crippen LogP contribution in [-0.2, 0) is 22.6 Å². The van der Waals surface area contributed by atoms with Crippen LogP contribution in [0.5, 0.6) is 0 Å². The summed E-state index contributed by atoms with van der Waals surface area (Å²) in [6, 6.07) is 0. The van der Waals surface area contributed by atoms with Gasteiger partial charge in [-0.15, -0.1) is 0 Å². The first-order valence-electron chi connectivity index (χ1n) is 6.17. The van der Waals surface area contributed by atoms with Gasteiger partial charge in [0.2, 0.25) is 5.91 Å².